The monoisotopic (exact) mass is 407 g/mol. The smallest absolute Gasteiger partial charge is 0.276 e. The Kier molecular flexibility index (Phi) is 7.84. The number of thiocarbonyl (C=S) groups is 1. The van der Waals surface area contributed by atoms with Gasteiger partial charge in [-0.25, -0.2) is 0 Å². The summed E-state index contributed by atoms with van der Waals surface area (Å²) in [6, 6.07) is 13.7. The Morgan fingerprint density at radius 3 is 2.22 bits per heavy atom. The fraction of sp³-hybridized carbons (Fsp3) is 0.167. The van der Waals surface area contributed by atoms with E-state index >= 15 is 0 Å². The van der Waals surface area contributed by atoms with E-state index in [4.69, 9.17) is 33.3 Å². The van der Waals surface area contributed by atoms with Gasteiger partial charge in [-0.1, -0.05) is 23.7 Å². The van der Waals surface area contributed by atoms with Crippen LogP contribution in [0.3, 0.4) is 0 Å². The van der Waals surface area contributed by atoms with Crippen LogP contribution in [0.15, 0.2) is 48.5 Å². The fourth-order valence-electron chi connectivity index (χ4n) is 1.97. The van der Waals surface area contributed by atoms with Gasteiger partial charge in [0.05, 0.1) is 13.5 Å². The molecule has 9 heteroatoms. The first kappa shape index (κ1) is 20.5. The molecule has 142 valence electrons. The molecule has 0 bridgehead atoms. The predicted octanol–water partition coefficient (Wildman–Crippen LogP) is 1.99. The molecule has 0 spiro atoms. The number of benzene rings is 2. The minimum absolute atomic E-state index is 0.0215. The number of ether oxygens (including phenoxy) is 2. The standard InChI is InChI=1S/C18H18ClN3O4S/c1-25-14-6-8-15(9-7-14)26-11-17(24)21-22-18(27)20-16(23)10-12-2-4-13(19)5-3-12/h2-9H,10-11H2,1H3,(H,21,24)(H2,20,22,23,27). The third-order valence-corrected chi connectivity index (χ3v) is 3.73. The second-order valence-corrected chi connectivity index (χ2v) is 6.16. The normalized spacial score (nSPS) is 9.85. The summed E-state index contributed by atoms with van der Waals surface area (Å²) in [7, 11) is 1.56. The Morgan fingerprint density at radius 1 is 0.963 bits per heavy atom. The molecule has 0 aliphatic heterocycles. The van der Waals surface area contributed by atoms with Crippen molar-refractivity contribution in [1.29, 1.82) is 0 Å². The minimum Gasteiger partial charge on any atom is -0.497 e. The third-order valence-electron chi connectivity index (χ3n) is 3.28. The summed E-state index contributed by atoms with van der Waals surface area (Å²) >= 11 is 10.8. The molecule has 2 aromatic rings. The van der Waals surface area contributed by atoms with Crippen LogP contribution in [0, 0.1) is 0 Å². The molecule has 2 amide bonds. The molecule has 0 unspecified atom stereocenters. The number of halogens is 1. The highest BCUT2D eigenvalue weighted by Crippen LogP contribution is 2.16. The number of methoxy groups -OCH3 is 1. The zero-order valence-electron chi connectivity index (χ0n) is 14.5. The summed E-state index contributed by atoms with van der Waals surface area (Å²) in [5.41, 5.74) is 5.57. The highest BCUT2D eigenvalue weighted by Gasteiger charge is 2.08. The van der Waals surface area contributed by atoms with Crippen LogP contribution in [0.2, 0.25) is 5.02 Å². The average molecular weight is 408 g/mol. The van der Waals surface area contributed by atoms with Crippen molar-refractivity contribution in [2.75, 3.05) is 13.7 Å². The summed E-state index contributed by atoms with van der Waals surface area (Å²) in [5, 5.41) is 3.04. The molecule has 0 fully saturated rings. The first-order valence-electron chi connectivity index (χ1n) is 7.86. The highest BCUT2D eigenvalue weighted by atomic mass is 35.5. The van der Waals surface area contributed by atoms with Crippen LogP contribution in [0.25, 0.3) is 0 Å². The second kappa shape index (κ2) is 10.3. The molecular weight excluding hydrogens is 390 g/mol. The molecule has 7 nitrogen and oxygen atoms in total. The molecule has 0 aromatic heterocycles. The molecule has 0 heterocycles. The maximum Gasteiger partial charge on any atom is 0.276 e. The molecule has 27 heavy (non-hydrogen) atoms. The number of hydrogen-bond donors (Lipinski definition) is 3. The minimum atomic E-state index is -0.458. The van der Waals surface area contributed by atoms with Crippen molar-refractivity contribution in [2.45, 2.75) is 6.42 Å². The van der Waals surface area contributed by atoms with Gasteiger partial charge < -0.3 is 14.8 Å². The molecule has 0 aliphatic carbocycles. The molecule has 3 N–H and O–H groups in total. The largest absolute Gasteiger partial charge is 0.497 e. The van der Waals surface area contributed by atoms with E-state index in [1.54, 1.807) is 55.6 Å². The maximum atomic E-state index is 11.9. The molecule has 0 saturated carbocycles. The van der Waals surface area contributed by atoms with Crippen LogP contribution in [0.4, 0.5) is 0 Å². The lowest BCUT2D eigenvalue weighted by Gasteiger charge is -2.11. The summed E-state index contributed by atoms with van der Waals surface area (Å²) < 4.78 is 10.4. The van der Waals surface area contributed by atoms with Crippen molar-refractivity contribution in [3.05, 3.63) is 59.1 Å². The quantitative estimate of drug-likeness (QED) is 0.501. The third kappa shape index (κ3) is 7.51. The molecule has 2 aromatic carbocycles. The van der Waals surface area contributed by atoms with Crippen molar-refractivity contribution in [2.24, 2.45) is 0 Å². The number of carbonyl (C=O) groups is 2. The number of amides is 2. The van der Waals surface area contributed by atoms with Gasteiger partial charge in [-0.05, 0) is 54.2 Å². The molecular formula is C18H18ClN3O4S. The van der Waals surface area contributed by atoms with Gasteiger partial charge in [-0.3, -0.25) is 20.4 Å². The van der Waals surface area contributed by atoms with Crippen molar-refractivity contribution in [1.82, 2.24) is 16.2 Å². The number of hydrazine groups is 1. The van der Waals surface area contributed by atoms with Crippen LogP contribution >= 0.6 is 23.8 Å². The number of hydrogen-bond acceptors (Lipinski definition) is 5. The summed E-state index contributed by atoms with van der Waals surface area (Å²) in [4.78, 5) is 23.6. The van der Waals surface area contributed by atoms with Crippen molar-refractivity contribution >= 4 is 40.7 Å². The lowest BCUT2D eigenvalue weighted by atomic mass is 10.1. The average Bonchev–Trinajstić information content (AvgIpc) is 2.67. The Bertz CT molecular complexity index is 797. The fourth-order valence-corrected chi connectivity index (χ4v) is 2.26. The number of carbonyl (C=O) groups excluding carboxylic acids is 2. The summed E-state index contributed by atoms with van der Waals surface area (Å²) in [6.07, 6.45) is 0.132. The number of rotatable bonds is 6. The highest BCUT2D eigenvalue weighted by molar-refractivity contribution is 7.80. The van der Waals surface area contributed by atoms with Crippen LogP contribution in [0.5, 0.6) is 11.5 Å². The van der Waals surface area contributed by atoms with Crippen molar-refractivity contribution in [3.63, 3.8) is 0 Å². The van der Waals surface area contributed by atoms with Crippen LogP contribution in [-0.2, 0) is 16.0 Å². The Hall–Kier alpha value is -2.84. The maximum absolute atomic E-state index is 11.9. The molecule has 0 radical (unpaired) electrons. The van der Waals surface area contributed by atoms with E-state index < -0.39 is 5.91 Å². The topological polar surface area (TPSA) is 88.7 Å². The van der Waals surface area contributed by atoms with E-state index in [9.17, 15) is 9.59 Å². The van der Waals surface area contributed by atoms with Gasteiger partial charge in [0.2, 0.25) is 5.91 Å². The van der Waals surface area contributed by atoms with Gasteiger partial charge in [-0.15, -0.1) is 0 Å². The lowest BCUT2D eigenvalue weighted by Crippen LogP contribution is -2.49. The van der Waals surface area contributed by atoms with Gasteiger partial charge in [0.15, 0.2) is 11.7 Å². The van der Waals surface area contributed by atoms with Gasteiger partial charge in [0.25, 0.3) is 5.91 Å². The molecule has 0 saturated heterocycles. The van der Waals surface area contributed by atoms with Gasteiger partial charge in [-0.2, -0.15) is 0 Å². The van der Waals surface area contributed by atoms with Crippen molar-refractivity contribution in [3.8, 4) is 11.5 Å². The van der Waals surface area contributed by atoms with E-state index in [0.717, 1.165) is 5.56 Å². The van der Waals surface area contributed by atoms with E-state index in [1.807, 2.05) is 0 Å². The van der Waals surface area contributed by atoms with Gasteiger partial charge >= 0.3 is 0 Å². The van der Waals surface area contributed by atoms with Gasteiger partial charge in [0.1, 0.15) is 11.5 Å². The first-order chi connectivity index (χ1) is 13.0. The molecule has 0 atom stereocenters. The Balaban J connectivity index is 1.67. The summed E-state index contributed by atoms with van der Waals surface area (Å²) in [5.74, 6) is 0.427. The lowest BCUT2D eigenvalue weighted by molar-refractivity contribution is -0.124. The SMILES string of the molecule is COc1ccc(OCC(=O)NNC(=S)NC(=O)Cc2ccc(Cl)cc2)cc1. The summed E-state index contributed by atoms with van der Waals surface area (Å²) in [6.45, 7) is -0.222. The Labute approximate surface area is 167 Å². The van der Waals surface area contributed by atoms with E-state index in [0.29, 0.717) is 16.5 Å². The number of nitrogens with one attached hydrogen (secondary N) is 3. The van der Waals surface area contributed by atoms with Crippen LogP contribution in [0.1, 0.15) is 5.56 Å². The molecule has 2 rings (SSSR count). The van der Waals surface area contributed by atoms with Gasteiger partial charge in [0, 0.05) is 5.02 Å². The van der Waals surface area contributed by atoms with E-state index in [2.05, 4.69) is 16.2 Å². The zero-order chi connectivity index (χ0) is 19.6. The second-order valence-electron chi connectivity index (χ2n) is 5.32. The zero-order valence-corrected chi connectivity index (χ0v) is 16.0. The Morgan fingerprint density at radius 2 is 1.59 bits per heavy atom. The predicted molar refractivity (Wildman–Crippen MR) is 106 cm³/mol. The molecule has 0 aliphatic rings. The van der Waals surface area contributed by atoms with E-state index in [1.165, 1.54) is 0 Å². The van der Waals surface area contributed by atoms with Crippen molar-refractivity contribution < 1.29 is 19.1 Å². The first-order valence-corrected chi connectivity index (χ1v) is 8.65. The van der Waals surface area contributed by atoms with Crippen LogP contribution in [-0.4, -0.2) is 30.6 Å². The van der Waals surface area contributed by atoms with E-state index in [-0.39, 0.29) is 24.0 Å². The van der Waals surface area contributed by atoms with Crippen LogP contribution < -0.4 is 25.6 Å².